The van der Waals surface area contributed by atoms with Crippen LogP contribution in [0, 0.1) is 0 Å². The van der Waals surface area contributed by atoms with E-state index < -0.39 is 0 Å². The third-order valence-corrected chi connectivity index (χ3v) is 4.77. The monoisotopic (exact) mass is 326 g/mol. The number of carbonyl (C=O) groups is 1. The molecule has 0 spiro atoms. The molecule has 1 aromatic heterocycles. The molecule has 2 fully saturated rings. The molecule has 2 bridgehead atoms. The van der Waals surface area contributed by atoms with Crippen LogP contribution < -0.4 is 10.6 Å². The Hall–Kier alpha value is -2.34. The highest BCUT2D eigenvalue weighted by Crippen LogP contribution is 2.34. The number of aromatic nitrogens is 2. The minimum absolute atomic E-state index is 0.117. The first-order valence-corrected chi connectivity index (χ1v) is 8.51. The van der Waals surface area contributed by atoms with Gasteiger partial charge in [0.15, 0.2) is 0 Å². The predicted octanol–water partition coefficient (Wildman–Crippen LogP) is 2.05. The van der Waals surface area contributed by atoms with Crippen LogP contribution in [0.1, 0.15) is 30.4 Å². The van der Waals surface area contributed by atoms with Gasteiger partial charge in [0.25, 0.3) is 0 Å². The Balaban J connectivity index is 1.28. The fraction of sp³-hybridized carbons (Fsp3) is 0.444. The standard InChI is InChI=1S/C18H22N4O2/c23-18(21-16-10-15-5-6-17(16)24-15)19-11-13-3-1-4-14(9-13)12-22-8-2-7-20-22/h1-4,7-9,15-17H,5-6,10-12H2,(H2,19,21,23)/t15-,16-,17-/m1/s1. The zero-order chi connectivity index (χ0) is 16.4. The number of benzene rings is 1. The number of nitrogens with one attached hydrogen (secondary N) is 2. The van der Waals surface area contributed by atoms with Gasteiger partial charge in [0.05, 0.1) is 24.8 Å². The minimum Gasteiger partial charge on any atom is -0.373 e. The van der Waals surface area contributed by atoms with Crippen LogP contribution >= 0.6 is 0 Å². The first kappa shape index (κ1) is 15.2. The number of urea groups is 1. The highest BCUT2D eigenvalue weighted by Gasteiger charge is 2.41. The highest BCUT2D eigenvalue weighted by atomic mass is 16.5. The lowest BCUT2D eigenvalue weighted by Crippen LogP contribution is -2.46. The molecule has 3 heterocycles. The maximum Gasteiger partial charge on any atom is 0.315 e. The number of hydrogen-bond donors (Lipinski definition) is 2. The Morgan fingerprint density at radius 3 is 2.96 bits per heavy atom. The number of hydrogen-bond acceptors (Lipinski definition) is 3. The van der Waals surface area contributed by atoms with Crippen LogP contribution in [0.2, 0.25) is 0 Å². The van der Waals surface area contributed by atoms with E-state index >= 15 is 0 Å². The second-order valence-electron chi connectivity index (χ2n) is 6.57. The van der Waals surface area contributed by atoms with Crippen LogP contribution in [0.25, 0.3) is 0 Å². The summed E-state index contributed by atoms with van der Waals surface area (Å²) in [7, 11) is 0. The van der Waals surface area contributed by atoms with E-state index in [1.807, 2.05) is 29.1 Å². The molecular weight excluding hydrogens is 304 g/mol. The number of fused-ring (bicyclic) bond motifs is 2. The molecule has 24 heavy (non-hydrogen) atoms. The van der Waals surface area contributed by atoms with Crippen molar-refractivity contribution in [1.29, 1.82) is 0 Å². The summed E-state index contributed by atoms with van der Waals surface area (Å²) < 4.78 is 7.65. The van der Waals surface area contributed by atoms with E-state index in [1.54, 1.807) is 6.20 Å². The molecule has 2 aliphatic heterocycles. The van der Waals surface area contributed by atoms with Crippen LogP contribution in [0.4, 0.5) is 4.79 Å². The molecule has 1 aromatic carbocycles. The number of amides is 2. The summed E-state index contributed by atoms with van der Waals surface area (Å²) in [5.41, 5.74) is 2.25. The fourth-order valence-corrected chi connectivity index (χ4v) is 3.61. The lowest BCUT2D eigenvalue weighted by molar-refractivity contribution is 0.0981. The molecule has 0 aliphatic carbocycles. The molecular formula is C18H22N4O2. The minimum atomic E-state index is -0.117. The van der Waals surface area contributed by atoms with Crippen molar-refractivity contribution in [3.63, 3.8) is 0 Å². The molecule has 2 amide bonds. The largest absolute Gasteiger partial charge is 0.373 e. The number of ether oxygens (including phenoxy) is 1. The number of nitrogens with zero attached hydrogens (tertiary/aromatic N) is 2. The second kappa shape index (κ2) is 6.65. The van der Waals surface area contributed by atoms with Crippen molar-refractivity contribution in [3.8, 4) is 0 Å². The Labute approximate surface area is 141 Å². The van der Waals surface area contributed by atoms with Crippen molar-refractivity contribution in [2.45, 2.75) is 50.6 Å². The molecule has 6 nitrogen and oxygen atoms in total. The normalized spacial score (nSPS) is 24.9. The van der Waals surface area contributed by atoms with Crippen molar-refractivity contribution >= 4 is 6.03 Å². The van der Waals surface area contributed by atoms with E-state index in [0.717, 1.165) is 31.4 Å². The molecule has 2 aromatic rings. The van der Waals surface area contributed by atoms with Crippen molar-refractivity contribution < 1.29 is 9.53 Å². The maximum absolute atomic E-state index is 12.1. The Bertz CT molecular complexity index is 701. The van der Waals surface area contributed by atoms with Gasteiger partial charge in [-0.05, 0) is 36.5 Å². The Morgan fingerprint density at radius 1 is 1.29 bits per heavy atom. The van der Waals surface area contributed by atoms with E-state index in [9.17, 15) is 4.79 Å². The van der Waals surface area contributed by atoms with E-state index in [4.69, 9.17) is 4.74 Å². The lowest BCUT2D eigenvalue weighted by atomic mass is 9.96. The summed E-state index contributed by atoms with van der Waals surface area (Å²) in [4.78, 5) is 12.1. The predicted molar refractivity (Wildman–Crippen MR) is 89.4 cm³/mol. The van der Waals surface area contributed by atoms with E-state index in [1.165, 1.54) is 5.56 Å². The third kappa shape index (κ3) is 3.43. The van der Waals surface area contributed by atoms with Crippen molar-refractivity contribution in [1.82, 2.24) is 20.4 Å². The van der Waals surface area contributed by atoms with Gasteiger partial charge in [0.1, 0.15) is 0 Å². The number of carbonyl (C=O) groups excluding carboxylic acids is 1. The smallest absolute Gasteiger partial charge is 0.315 e. The molecule has 2 saturated heterocycles. The molecule has 0 saturated carbocycles. The van der Waals surface area contributed by atoms with Gasteiger partial charge in [-0.1, -0.05) is 24.3 Å². The molecule has 6 heteroatoms. The van der Waals surface area contributed by atoms with Gasteiger partial charge in [-0.25, -0.2) is 4.79 Å². The van der Waals surface area contributed by atoms with Crippen molar-refractivity contribution in [3.05, 3.63) is 53.9 Å². The zero-order valence-electron chi connectivity index (χ0n) is 13.5. The average Bonchev–Trinajstić information content (AvgIpc) is 3.31. The van der Waals surface area contributed by atoms with Crippen molar-refractivity contribution in [2.75, 3.05) is 0 Å². The maximum atomic E-state index is 12.1. The Morgan fingerprint density at radius 2 is 2.21 bits per heavy atom. The molecule has 2 N–H and O–H groups in total. The fourth-order valence-electron chi connectivity index (χ4n) is 3.61. The summed E-state index contributed by atoms with van der Waals surface area (Å²) in [5, 5.41) is 10.2. The topological polar surface area (TPSA) is 68.2 Å². The molecule has 0 radical (unpaired) electrons. The van der Waals surface area contributed by atoms with Gasteiger partial charge in [0, 0.05) is 18.9 Å². The van der Waals surface area contributed by atoms with Gasteiger partial charge < -0.3 is 15.4 Å². The van der Waals surface area contributed by atoms with Crippen LogP contribution in [-0.2, 0) is 17.8 Å². The van der Waals surface area contributed by atoms with Crippen LogP contribution in [-0.4, -0.2) is 34.1 Å². The van der Waals surface area contributed by atoms with Gasteiger partial charge in [-0.15, -0.1) is 0 Å². The molecule has 3 atom stereocenters. The summed E-state index contributed by atoms with van der Waals surface area (Å²) in [5.74, 6) is 0. The molecule has 4 rings (SSSR count). The summed E-state index contributed by atoms with van der Waals surface area (Å²) in [6.07, 6.45) is 7.40. The zero-order valence-corrected chi connectivity index (χ0v) is 13.5. The summed E-state index contributed by atoms with van der Waals surface area (Å²) >= 11 is 0. The third-order valence-electron chi connectivity index (χ3n) is 4.77. The average molecular weight is 326 g/mol. The van der Waals surface area contributed by atoms with E-state index in [2.05, 4.69) is 27.9 Å². The van der Waals surface area contributed by atoms with E-state index in [0.29, 0.717) is 12.6 Å². The van der Waals surface area contributed by atoms with Gasteiger partial charge in [-0.3, -0.25) is 4.68 Å². The molecule has 2 aliphatic rings. The van der Waals surface area contributed by atoms with Crippen LogP contribution in [0.5, 0.6) is 0 Å². The summed E-state index contributed by atoms with van der Waals surface area (Å²) in [6, 6.07) is 10.2. The van der Waals surface area contributed by atoms with E-state index in [-0.39, 0.29) is 18.2 Å². The molecule has 0 unspecified atom stereocenters. The SMILES string of the molecule is O=C(NCc1cccc(Cn2cccn2)c1)N[C@@H]1C[C@H]2CC[C@H]1O2. The first-order chi connectivity index (χ1) is 11.8. The lowest BCUT2D eigenvalue weighted by Gasteiger charge is -2.20. The van der Waals surface area contributed by atoms with Crippen molar-refractivity contribution in [2.24, 2.45) is 0 Å². The second-order valence-corrected chi connectivity index (χ2v) is 6.57. The first-order valence-electron chi connectivity index (χ1n) is 8.51. The molecule has 126 valence electrons. The Kier molecular flexibility index (Phi) is 4.21. The van der Waals surface area contributed by atoms with Crippen LogP contribution in [0.15, 0.2) is 42.7 Å². The number of rotatable bonds is 5. The summed E-state index contributed by atoms with van der Waals surface area (Å²) in [6.45, 7) is 1.25. The van der Waals surface area contributed by atoms with Gasteiger partial charge >= 0.3 is 6.03 Å². The highest BCUT2D eigenvalue weighted by molar-refractivity contribution is 5.74. The van der Waals surface area contributed by atoms with Gasteiger partial charge in [-0.2, -0.15) is 5.10 Å². The van der Waals surface area contributed by atoms with Gasteiger partial charge in [0.2, 0.25) is 0 Å². The quantitative estimate of drug-likeness (QED) is 0.883. The van der Waals surface area contributed by atoms with Crippen LogP contribution in [0.3, 0.4) is 0 Å².